The van der Waals surface area contributed by atoms with Crippen LogP contribution in [0.25, 0.3) is 0 Å². The number of imide groups is 1. The molecule has 0 saturated carbocycles. The molecule has 162 valence electrons. The van der Waals surface area contributed by atoms with Gasteiger partial charge in [0.25, 0.3) is 0 Å². The number of carbonyl (C=O) groups excluding carboxylic acids is 2. The minimum Gasteiger partial charge on any atom is -0.467 e. The van der Waals surface area contributed by atoms with Gasteiger partial charge in [0.05, 0.1) is 19.4 Å². The summed E-state index contributed by atoms with van der Waals surface area (Å²) in [5.41, 5.74) is 0. The number of rotatable bonds is 6. The minimum absolute atomic E-state index is 0.0475. The molecule has 1 aromatic heterocycles. The van der Waals surface area contributed by atoms with Gasteiger partial charge in [-0.25, -0.2) is 22.0 Å². The molecule has 2 heterocycles. The fourth-order valence-corrected chi connectivity index (χ4v) is 4.51. The normalized spacial score (nSPS) is 15.7. The summed E-state index contributed by atoms with van der Waals surface area (Å²) in [6.45, 7) is 0.223. The number of amides is 3. The molecular weight excluding hydrogens is 422 g/mol. The van der Waals surface area contributed by atoms with Crippen LogP contribution in [0.4, 0.5) is 13.6 Å². The zero-order valence-corrected chi connectivity index (χ0v) is 16.6. The predicted octanol–water partition coefficient (Wildman–Crippen LogP) is 0.890. The summed E-state index contributed by atoms with van der Waals surface area (Å²) in [7, 11) is -4.34. The largest absolute Gasteiger partial charge is 0.467 e. The van der Waals surface area contributed by atoms with Crippen molar-refractivity contribution >= 4 is 22.0 Å². The fourth-order valence-electron chi connectivity index (χ4n) is 2.98. The van der Waals surface area contributed by atoms with Gasteiger partial charge in [-0.1, -0.05) is 6.07 Å². The SMILES string of the molecule is O=C(CN1CCN(S(=O)(=O)c2c(F)cccc2F)CC1)NC(=O)NCc1ccco1. The first-order valence-electron chi connectivity index (χ1n) is 9.04. The molecule has 9 nitrogen and oxygen atoms in total. The van der Waals surface area contributed by atoms with Crippen LogP contribution in [0.3, 0.4) is 0 Å². The maximum absolute atomic E-state index is 13.9. The van der Waals surface area contributed by atoms with E-state index in [2.05, 4.69) is 10.6 Å². The number of nitrogens with one attached hydrogen (secondary N) is 2. The molecule has 3 amide bonds. The van der Waals surface area contributed by atoms with Crippen molar-refractivity contribution in [1.82, 2.24) is 19.8 Å². The van der Waals surface area contributed by atoms with Gasteiger partial charge in [0.15, 0.2) is 4.90 Å². The van der Waals surface area contributed by atoms with E-state index in [1.165, 1.54) is 6.26 Å². The van der Waals surface area contributed by atoms with Crippen LogP contribution in [0.1, 0.15) is 5.76 Å². The third-order valence-electron chi connectivity index (χ3n) is 4.47. The molecule has 0 bridgehead atoms. The van der Waals surface area contributed by atoms with E-state index in [1.54, 1.807) is 17.0 Å². The molecule has 1 aliphatic heterocycles. The molecule has 30 heavy (non-hydrogen) atoms. The third-order valence-corrected chi connectivity index (χ3v) is 6.42. The Balaban J connectivity index is 1.48. The minimum atomic E-state index is -4.34. The Hall–Kier alpha value is -2.83. The zero-order chi connectivity index (χ0) is 21.7. The van der Waals surface area contributed by atoms with Gasteiger partial charge in [-0.2, -0.15) is 4.31 Å². The number of sulfonamides is 1. The van der Waals surface area contributed by atoms with Crippen molar-refractivity contribution in [3.8, 4) is 0 Å². The second kappa shape index (κ2) is 9.32. The van der Waals surface area contributed by atoms with Gasteiger partial charge in [-0.3, -0.25) is 15.0 Å². The number of benzene rings is 1. The average Bonchev–Trinajstić information content (AvgIpc) is 3.20. The van der Waals surface area contributed by atoms with E-state index in [0.29, 0.717) is 5.76 Å². The molecule has 1 saturated heterocycles. The van der Waals surface area contributed by atoms with Crippen LogP contribution in [0, 0.1) is 11.6 Å². The molecule has 2 N–H and O–H groups in total. The predicted molar refractivity (Wildman–Crippen MR) is 101 cm³/mol. The van der Waals surface area contributed by atoms with Gasteiger partial charge in [-0.15, -0.1) is 0 Å². The highest BCUT2D eigenvalue weighted by Gasteiger charge is 2.33. The van der Waals surface area contributed by atoms with Gasteiger partial charge in [-0.05, 0) is 24.3 Å². The highest BCUT2D eigenvalue weighted by Crippen LogP contribution is 2.23. The molecule has 2 aromatic rings. The van der Waals surface area contributed by atoms with Gasteiger partial charge >= 0.3 is 6.03 Å². The molecule has 1 aromatic carbocycles. The molecule has 1 aliphatic rings. The van der Waals surface area contributed by atoms with Crippen molar-refractivity contribution in [2.24, 2.45) is 0 Å². The lowest BCUT2D eigenvalue weighted by molar-refractivity contribution is -0.121. The lowest BCUT2D eigenvalue weighted by atomic mass is 10.3. The molecule has 0 atom stereocenters. The van der Waals surface area contributed by atoms with Gasteiger partial charge < -0.3 is 9.73 Å². The average molecular weight is 442 g/mol. The number of carbonyl (C=O) groups is 2. The van der Waals surface area contributed by atoms with E-state index in [9.17, 15) is 26.8 Å². The van der Waals surface area contributed by atoms with Gasteiger partial charge in [0, 0.05) is 26.2 Å². The Bertz CT molecular complexity index is 985. The van der Waals surface area contributed by atoms with Crippen molar-refractivity contribution in [2.75, 3.05) is 32.7 Å². The number of nitrogens with zero attached hydrogens (tertiary/aromatic N) is 2. The third kappa shape index (κ3) is 5.20. The summed E-state index contributed by atoms with van der Waals surface area (Å²) in [6, 6.07) is 5.50. The van der Waals surface area contributed by atoms with E-state index in [-0.39, 0.29) is 39.3 Å². The van der Waals surface area contributed by atoms with Crippen LogP contribution in [0.15, 0.2) is 45.9 Å². The molecule has 0 unspecified atom stereocenters. The molecule has 0 spiro atoms. The number of halogens is 2. The first kappa shape index (κ1) is 21.9. The standard InChI is InChI=1S/C18H20F2N4O5S/c19-14-4-1-5-15(20)17(14)30(27,28)24-8-6-23(7-9-24)12-16(25)22-18(26)21-11-13-3-2-10-29-13/h1-5,10H,6-9,11-12H2,(H2,21,22,25,26). The fraction of sp³-hybridized carbons (Fsp3) is 0.333. The second-order valence-corrected chi connectivity index (χ2v) is 8.42. The van der Waals surface area contributed by atoms with E-state index in [0.717, 1.165) is 22.5 Å². The smallest absolute Gasteiger partial charge is 0.321 e. The molecule has 0 aliphatic carbocycles. The van der Waals surface area contributed by atoms with Crippen LogP contribution in [-0.4, -0.2) is 62.3 Å². The highest BCUT2D eigenvalue weighted by molar-refractivity contribution is 7.89. The van der Waals surface area contributed by atoms with E-state index >= 15 is 0 Å². The molecule has 1 fully saturated rings. The summed E-state index contributed by atoms with van der Waals surface area (Å²) >= 11 is 0. The van der Waals surface area contributed by atoms with Crippen molar-refractivity contribution in [2.45, 2.75) is 11.4 Å². The van der Waals surface area contributed by atoms with E-state index < -0.39 is 38.5 Å². The topological polar surface area (TPSA) is 112 Å². The Labute approximate surface area is 171 Å². The molecule has 3 rings (SSSR count). The maximum Gasteiger partial charge on any atom is 0.321 e. The highest BCUT2D eigenvalue weighted by atomic mass is 32.2. The number of piperazine rings is 1. The molecule has 0 radical (unpaired) electrons. The van der Waals surface area contributed by atoms with Crippen molar-refractivity contribution in [3.63, 3.8) is 0 Å². The Morgan fingerprint density at radius 1 is 1.03 bits per heavy atom. The Morgan fingerprint density at radius 3 is 2.30 bits per heavy atom. The Kier molecular flexibility index (Phi) is 6.80. The second-order valence-electron chi connectivity index (χ2n) is 6.54. The van der Waals surface area contributed by atoms with E-state index in [4.69, 9.17) is 4.42 Å². The summed E-state index contributed by atoms with van der Waals surface area (Å²) in [6.07, 6.45) is 1.46. The maximum atomic E-state index is 13.9. The van der Waals surface area contributed by atoms with Crippen LogP contribution >= 0.6 is 0 Å². The van der Waals surface area contributed by atoms with Crippen LogP contribution in [0.2, 0.25) is 0 Å². The van der Waals surface area contributed by atoms with Gasteiger partial charge in [0.2, 0.25) is 15.9 Å². The van der Waals surface area contributed by atoms with Gasteiger partial charge in [0.1, 0.15) is 17.4 Å². The quantitative estimate of drug-likeness (QED) is 0.687. The zero-order valence-electron chi connectivity index (χ0n) is 15.8. The summed E-state index contributed by atoms with van der Waals surface area (Å²) < 4.78 is 58.9. The van der Waals surface area contributed by atoms with Crippen LogP contribution in [0.5, 0.6) is 0 Å². The van der Waals surface area contributed by atoms with Crippen molar-refractivity contribution in [1.29, 1.82) is 0 Å². The first-order valence-corrected chi connectivity index (χ1v) is 10.5. The van der Waals surface area contributed by atoms with E-state index in [1.807, 2.05) is 0 Å². The van der Waals surface area contributed by atoms with Crippen molar-refractivity contribution in [3.05, 3.63) is 54.0 Å². The number of hydrogen-bond acceptors (Lipinski definition) is 6. The molecular formula is C18H20F2N4O5S. The first-order chi connectivity index (χ1) is 14.3. The Morgan fingerprint density at radius 2 is 1.70 bits per heavy atom. The summed E-state index contributed by atoms with van der Waals surface area (Å²) in [4.78, 5) is 24.4. The number of urea groups is 1. The van der Waals surface area contributed by atoms with Crippen molar-refractivity contribution < 1.29 is 31.2 Å². The number of furan rings is 1. The van der Waals surface area contributed by atoms with Crippen LogP contribution in [-0.2, 0) is 21.4 Å². The lowest BCUT2D eigenvalue weighted by Crippen LogP contribution is -2.52. The monoisotopic (exact) mass is 442 g/mol. The van der Waals surface area contributed by atoms with Crippen LogP contribution < -0.4 is 10.6 Å². The molecule has 12 heteroatoms. The lowest BCUT2D eigenvalue weighted by Gasteiger charge is -2.33. The number of hydrogen-bond donors (Lipinski definition) is 2. The summed E-state index contributed by atoms with van der Waals surface area (Å²) in [5, 5.41) is 4.64. The summed E-state index contributed by atoms with van der Waals surface area (Å²) in [5.74, 6) is -2.35.